The van der Waals surface area contributed by atoms with Crippen molar-refractivity contribution in [3.63, 3.8) is 0 Å². The second-order valence-corrected chi connectivity index (χ2v) is 8.83. The Bertz CT molecular complexity index is 891. The van der Waals surface area contributed by atoms with E-state index in [1.165, 1.54) is 11.1 Å². The number of carbonyl (C=O) groups is 2. The van der Waals surface area contributed by atoms with Crippen molar-refractivity contribution in [2.75, 3.05) is 39.9 Å². The Morgan fingerprint density at radius 1 is 0.903 bits per heavy atom. The number of carbonyl (C=O) groups excluding carboxylic acids is 2. The van der Waals surface area contributed by atoms with Gasteiger partial charge in [-0.2, -0.15) is 0 Å². The number of nitrogens with zero attached hydrogens (tertiary/aromatic N) is 2. The summed E-state index contributed by atoms with van der Waals surface area (Å²) in [6, 6.07) is 18.9. The Morgan fingerprint density at radius 2 is 1.58 bits per heavy atom. The van der Waals surface area contributed by atoms with Gasteiger partial charge >= 0.3 is 0 Å². The number of rotatable bonds is 7. The Balaban J connectivity index is 1.54. The third-order valence-electron chi connectivity index (χ3n) is 6.68. The summed E-state index contributed by atoms with van der Waals surface area (Å²) >= 11 is 0. The minimum Gasteiger partial charge on any atom is -0.384 e. The van der Waals surface area contributed by atoms with Crippen LogP contribution in [0.3, 0.4) is 0 Å². The highest BCUT2D eigenvalue weighted by Gasteiger charge is 2.47. The fraction of sp³-hybridized carbons (Fsp3) is 0.462. The van der Waals surface area contributed by atoms with E-state index in [-0.39, 0.29) is 11.8 Å². The van der Waals surface area contributed by atoms with Crippen molar-refractivity contribution >= 4 is 11.8 Å². The third-order valence-corrected chi connectivity index (χ3v) is 6.68. The predicted octanol–water partition coefficient (Wildman–Crippen LogP) is 3.77. The van der Waals surface area contributed by atoms with Crippen molar-refractivity contribution < 1.29 is 14.3 Å². The first-order chi connectivity index (χ1) is 15.1. The van der Waals surface area contributed by atoms with E-state index in [1.807, 2.05) is 28.0 Å². The van der Waals surface area contributed by atoms with E-state index < -0.39 is 5.41 Å². The van der Waals surface area contributed by atoms with Crippen LogP contribution in [-0.4, -0.2) is 61.5 Å². The van der Waals surface area contributed by atoms with E-state index in [4.69, 9.17) is 4.74 Å². The van der Waals surface area contributed by atoms with Crippen molar-refractivity contribution in [3.05, 3.63) is 60.2 Å². The van der Waals surface area contributed by atoms with Gasteiger partial charge in [-0.15, -0.1) is 0 Å². The normalized spacial score (nSPS) is 20.9. The highest BCUT2D eigenvalue weighted by atomic mass is 16.5. The maximum absolute atomic E-state index is 13.6. The first-order valence-electron chi connectivity index (χ1n) is 11.3. The molecule has 2 aromatic rings. The van der Waals surface area contributed by atoms with E-state index >= 15 is 0 Å². The standard InChI is InChI=1S/C26H32N2O3/c1-31-18-13-24(29)28-17-14-26(20-28,25(30)27-15-5-6-16-27)19-21-9-11-23(12-10-21)22-7-3-2-4-8-22/h2-4,7-12H,5-6,13-20H2,1H3/t26-/m1/s1. The maximum atomic E-state index is 13.6. The van der Waals surface area contributed by atoms with Crippen LogP contribution in [0.2, 0.25) is 0 Å². The molecule has 0 saturated carbocycles. The van der Waals surface area contributed by atoms with E-state index in [2.05, 4.69) is 36.4 Å². The third kappa shape index (κ3) is 4.82. The van der Waals surface area contributed by atoms with Gasteiger partial charge in [0, 0.05) is 33.3 Å². The number of amides is 2. The molecular formula is C26H32N2O3. The van der Waals surface area contributed by atoms with Crippen LogP contribution in [0.25, 0.3) is 11.1 Å². The quantitative estimate of drug-likeness (QED) is 0.685. The molecule has 2 saturated heterocycles. The van der Waals surface area contributed by atoms with Crippen LogP contribution in [0, 0.1) is 5.41 Å². The van der Waals surface area contributed by atoms with Crippen molar-refractivity contribution in [3.8, 4) is 11.1 Å². The van der Waals surface area contributed by atoms with Gasteiger partial charge in [0.15, 0.2) is 0 Å². The summed E-state index contributed by atoms with van der Waals surface area (Å²) in [6.07, 6.45) is 3.91. The Morgan fingerprint density at radius 3 is 2.26 bits per heavy atom. The Kier molecular flexibility index (Phi) is 6.71. The highest BCUT2D eigenvalue weighted by molar-refractivity contribution is 5.86. The van der Waals surface area contributed by atoms with Crippen LogP contribution in [0.15, 0.2) is 54.6 Å². The van der Waals surface area contributed by atoms with Gasteiger partial charge in [-0.25, -0.2) is 0 Å². The zero-order chi connectivity index (χ0) is 21.7. The molecule has 31 heavy (non-hydrogen) atoms. The summed E-state index contributed by atoms with van der Waals surface area (Å²) in [5.74, 6) is 0.302. The summed E-state index contributed by atoms with van der Waals surface area (Å²) in [5.41, 5.74) is 2.99. The molecule has 0 radical (unpaired) electrons. The lowest BCUT2D eigenvalue weighted by Gasteiger charge is -2.32. The van der Waals surface area contributed by atoms with E-state index in [9.17, 15) is 9.59 Å². The number of hydrogen-bond donors (Lipinski definition) is 0. The van der Waals surface area contributed by atoms with Gasteiger partial charge in [0.05, 0.1) is 18.4 Å². The molecule has 2 heterocycles. The SMILES string of the molecule is COCCC(=O)N1CC[C@](Cc2ccc(-c3ccccc3)cc2)(C(=O)N2CCCC2)C1. The van der Waals surface area contributed by atoms with E-state index in [0.717, 1.165) is 37.9 Å². The summed E-state index contributed by atoms with van der Waals surface area (Å²) in [5, 5.41) is 0. The minimum absolute atomic E-state index is 0.0809. The molecule has 164 valence electrons. The number of benzene rings is 2. The lowest BCUT2D eigenvalue weighted by atomic mass is 9.79. The van der Waals surface area contributed by atoms with Crippen LogP contribution in [0.1, 0.15) is 31.2 Å². The average molecular weight is 421 g/mol. The molecule has 4 rings (SSSR count). The van der Waals surface area contributed by atoms with Crippen LogP contribution in [-0.2, 0) is 20.7 Å². The van der Waals surface area contributed by atoms with Gasteiger partial charge in [0.25, 0.3) is 0 Å². The van der Waals surface area contributed by atoms with Gasteiger partial charge < -0.3 is 14.5 Å². The lowest BCUT2D eigenvalue weighted by Crippen LogP contribution is -2.46. The molecule has 1 atom stereocenters. The first kappa shape index (κ1) is 21.6. The van der Waals surface area contributed by atoms with Crippen LogP contribution < -0.4 is 0 Å². The van der Waals surface area contributed by atoms with Crippen LogP contribution >= 0.6 is 0 Å². The van der Waals surface area contributed by atoms with Gasteiger partial charge in [-0.05, 0) is 42.4 Å². The largest absolute Gasteiger partial charge is 0.384 e. The number of hydrogen-bond acceptors (Lipinski definition) is 3. The second-order valence-electron chi connectivity index (χ2n) is 8.83. The molecular weight excluding hydrogens is 388 g/mol. The molecule has 2 fully saturated rings. The second kappa shape index (κ2) is 9.65. The monoisotopic (exact) mass is 420 g/mol. The zero-order valence-electron chi connectivity index (χ0n) is 18.4. The summed E-state index contributed by atoms with van der Waals surface area (Å²) < 4.78 is 5.07. The molecule has 5 nitrogen and oxygen atoms in total. The summed E-state index contributed by atoms with van der Waals surface area (Å²) in [4.78, 5) is 30.1. The maximum Gasteiger partial charge on any atom is 0.230 e. The van der Waals surface area contributed by atoms with Crippen molar-refractivity contribution in [2.45, 2.75) is 32.1 Å². The summed E-state index contributed by atoms with van der Waals surface area (Å²) in [7, 11) is 1.61. The lowest BCUT2D eigenvalue weighted by molar-refractivity contribution is -0.141. The topological polar surface area (TPSA) is 49.9 Å². The first-order valence-corrected chi connectivity index (χ1v) is 11.3. The van der Waals surface area contributed by atoms with Crippen molar-refractivity contribution in [1.29, 1.82) is 0 Å². The molecule has 0 unspecified atom stereocenters. The summed E-state index contributed by atoms with van der Waals surface area (Å²) in [6.45, 7) is 3.25. The van der Waals surface area contributed by atoms with Gasteiger partial charge in [-0.1, -0.05) is 54.6 Å². The smallest absolute Gasteiger partial charge is 0.230 e. The Labute approximate surface area is 185 Å². The molecule has 2 amide bonds. The van der Waals surface area contributed by atoms with Crippen molar-refractivity contribution in [2.24, 2.45) is 5.41 Å². The predicted molar refractivity (Wildman–Crippen MR) is 122 cm³/mol. The molecule has 0 bridgehead atoms. The fourth-order valence-electron chi connectivity index (χ4n) is 4.92. The number of ether oxygens (including phenoxy) is 1. The zero-order valence-corrected chi connectivity index (χ0v) is 18.4. The van der Waals surface area contributed by atoms with Gasteiger partial charge in [0.1, 0.15) is 0 Å². The molecule has 2 aliphatic rings. The fourth-order valence-corrected chi connectivity index (χ4v) is 4.92. The van der Waals surface area contributed by atoms with E-state index in [0.29, 0.717) is 32.5 Å². The number of likely N-dealkylation sites (tertiary alicyclic amines) is 2. The van der Waals surface area contributed by atoms with Crippen molar-refractivity contribution in [1.82, 2.24) is 9.80 Å². The average Bonchev–Trinajstić information content (AvgIpc) is 3.49. The molecule has 0 spiro atoms. The van der Waals surface area contributed by atoms with Crippen LogP contribution in [0.5, 0.6) is 0 Å². The molecule has 0 aromatic heterocycles. The molecule has 2 aliphatic heterocycles. The Hall–Kier alpha value is -2.66. The van der Waals surface area contributed by atoms with E-state index in [1.54, 1.807) is 7.11 Å². The van der Waals surface area contributed by atoms with Crippen LogP contribution in [0.4, 0.5) is 0 Å². The number of methoxy groups -OCH3 is 1. The molecule has 5 heteroatoms. The molecule has 0 aliphatic carbocycles. The molecule has 0 N–H and O–H groups in total. The minimum atomic E-state index is -0.526. The molecule has 2 aromatic carbocycles. The van der Waals surface area contributed by atoms with Gasteiger partial charge in [-0.3, -0.25) is 9.59 Å². The van der Waals surface area contributed by atoms with Gasteiger partial charge in [0.2, 0.25) is 11.8 Å². The highest BCUT2D eigenvalue weighted by Crippen LogP contribution is 2.38.